The van der Waals surface area contributed by atoms with E-state index in [0.717, 1.165) is 31.2 Å². The molecule has 5 N–H and O–H groups in total. The second-order valence-corrected chi connectivity index (χ2v) is 8.47. The van der Waals surface area contributed by atoms with Gasteiger partial charge in [0.1, 0.15) is 0 Å². The summed E-state index contributed by atoms with van der Waals surface area (Å²) >= 11 is 0. The molecular formula is C19H30N2O4P+. The molecule has 26 heavy (non-hydrogen) atoms. The van der Waals surface area contributed by atoms with Gasteiger partial charge < -0.3 is 16.2 Å². The molecule has 1 fully saturated rings. The van der Waals surface area contributed by atoms with Crippen molar-refractivity contribution < 1.29 is 19.4 Å². The number of carbonyl (C=O) groups is 1. The van der Waals surface area contributed by atoms with Gasteiger partial charge in [0.25, 0.3) is 0 Å². The van der Waals surface area contributed by atoms with Crippen molar-refractivity contribution in [3.63, 3.8) is 0 Å². The van der Waals surface area contributed by atoms with E-state index in [2.05, 4.69) is 5.32 Å². The first-order valence-electron chi connectivity index (χ1n) is 9.38. The lowest BCUT2D eigenvalue weighted by atomic mass is 9.85. The quantitative estimate of drug-likeness (QED) is 0.490. The summed E-state index contributed by atoms with van der Waals surface area (Å²) < 4.78 is 11.7. The van der Waals surface area contributed by atoms with Crippen LogP contribution < -0.4 is 11.1 Å². The highest BCUT2D eigenvalue weighted by molar-refractivity contribution is 7.38. The molecule has 0 bridgehead atoms. The third kappa shape index (κ3) is 6.76. The maximum atomic E-state index is 12.1. The Balaban J connectivity index is 1.77. The van der Waals surface area contributed by atoms with Gasteiger partial charge >= 0.3 is 8.03 Å². The minimum absolute atomic E-state index is 0.0493. The van der Waals surface area contributed by atoms with Crippen LogP contribution in [0.1, 0.15) is 44.1 Å². The molecule has 0 aliphatic heterocycles. The summed E-state index contributed by atoms with van der Waals surface area (Å²) in [5.41, 5.74) is 6.49. The van der Waals surface area contributed by atoms with Crippen molar-refractivity contribution in [3.05, 3.63) is 35.9 Å². The van der Waals surface area contributed by atoms with Crippen LogP contribution in [0, 0.1) is 5.92 Å². The van der Waals surface area contributed by atoms with E-state index < -0.39 is 25.8 Å². The number of benzene rings is 1. The van der Waals surface area contributed by atoms with Gasteiger partial charge in [-0.15, -0.1) is 0 Å². The number of rotatable bonds is 9. The summed E-state index contributed by atoms with van der Waals surface area (Å²) in [6, 6.07) is 8.83. The molecular weight excluding hydrogens is 351 g/mol. The fourth-order valence-electron chi connectivity index (χ4n) is 3.65. The first-order valence-corrected chi connectivity index (χ1v) is 10.7. The number of aliphatic hydroxyl groups excluding tert-OH is 1. The van der Waals surface area contributed by atoms with Crippen molar-refractivity contribution in [1.29, 1.82) is 0 Å². The highest BCUT2D eigenvalue weighted by Gasteiger charge is 2.39. The molecule has 1 saturated carbocycles. The van der Waals surface area contributed by atoms with Crippen LogP contribution in [0.5, 0.6) is 0 Å². The summed E-state index contributed by atoms with van der Waals surface area (Å²) in [7, 11) is -2.34. The topological polar surface area (TPSA) is 113 Å². The Morgan fingerprint density at radius 1 is 1.23 bits per heavy atom. The number of carbonyl (C=O) groups excluding carboxylic acids is 1. The van der Waals surface area contributed by atoms with Crippen LogP contribution in [-0.4, -0.2) is 40.3 Å². The Morgan fingerprint density at radius 3 is 2.50 bits per heavy atom. The first kappa shape index (κ1) is 21.0. The predicted molar refractivity (Wildman–Crippen MR) is 102 cm³/mol. The predicted octanol–water partition coefficient (Wildman–Crippen LogP) is 2.11. The van der Waals surface area contributed by atoms with Gasteiger partial charge in [-0.1, -0.05) is 49.6 Å². The average Bonchev–Trinajstić information content (AvgIpc) is 2.65. The Morgan fingerprint density at radius 2 is 1.88 bits per heavy atom. The van der Waals surface area contributed by atoms with Crippen molar-refractivity contribution in [3.8, 4) is 0 Å². The van der Waals surface area contributed by atoms with E-state index in [1.54, 1.807) is 0 Å². The van der Waals surface area contributed by atoms with Gasteiger partial charge in [-0.05, 0) is 29.4 Å². The van der Waals surface area contributed by atoms with Crippen molar-refractivity contribution in [2.24, 2.45) is 11.7 Å². The molecule has 0 spiro atoms. The lowest BCUT2D eigenvalue weighted by Crippen LogP contribution is -2.45. The zero-order valence-corrected chi connectivity index (χ0v) is 16.0. The fourth-order valence-corrected chi connectivity index (χ4v) is 4.74. The monoisotopic (exact) mass is 381 g/mol. The minimum atomic E-state index is -2.34. The van der Waals surface area contributed by atoms with E-state index in [1.165, 1.54) is 6.42 Å². The molecule has 0 heterocycles. The van der Waals surface area contributed by atoms with Gasteiger partial charge in [0, 0.05) is 18.9 Å². The van der Waals surface area contributed by atoms with Gasteiger partial charge in [-0.2, -0.15) is 4.89 Å². The van der Waals surface area contributed by atoms with Crippen molar-refractivity contribution >= 4 is 13.9 Å². The lowest BCUT2D eigenvalue weighted by Gasteiger charge is -2.24. The Kier molecular flexibility index (Phi) is 8.66. The van der Waals surface area contributed by atoms with E-state index in [-0.39, 0.29) is 24.8 Å². The highest BCUT2D eigenvalue weighted by Crippen LogP contribution is 2.40. The van der Waals surface area contributed by atoms with Crippen LogP contribution in [0.3, 0.4) is 0 Å². The first-order chi connectivity index (χ1) is 12.5. The van der Waals surface area contributed by atoms with Gasteiger partial charge in [0.05, 0.1) is 12.1 Å². The minimum Gasteiger partial charge on any atom is -0.391 e. The molecule has 1 aliphatic rings. The second kappa shape index (κ2) is 10.7. The standard InChI is InChI=1S/C19H29N2O4P/c20-17(11-14-7-3-1-4-8-14)19(23)21-13-16(22)12-18(26(24)25)15-9-5-2-6-10-15/h1,3-4,7-8,15-18,22H,2,5-6,9-13,20H2,(H-,21,23,24,25)/p+1/t16-,17+,18?/m1/s1. The lowest BCUT2D eigenvalue weighted by molar-refractivity contribution is -0.122. The molecule has 6 nitrogen and oxygen atoms in total. The van der Waals surface area contributed by atoms with E-state index in [0.29, 0.717) is 6.42 Å². The zero-order chi connectivity index (χ0) is 18.9. The molecule has 4 atom stereocenters. The van der Waals surface area contributed by atoms with E-state index in [1.807, 2.05) is 30.3 Å². The summed E-state index contributed by atoms with van der Waals surface area (Å²) in [4.78, 5) is 21.8. The fraction of sp³-hybridized carbons (Fsp3) is 0.632. The van der Waals surface area contributed by atoms with Crippen LogP contribution in [-0.2, 0) is 15.8 Å². The molecule has 2 unspecified atom stereocenters. The normalized spacial score (nSPS) is 19.4. The molecule has 1 amide bonds. The van der Waals surface area contributed by atoms with Crippen molar-refractivity contribution in [1.82, 2.24) is 5.32 Å². The van der Waals surface area contributed by atoms with Crippen molar-refractivity contribution in [2.45, 2.75) is 62.8 Å². The number of amides is 1. The Labute approximate surface area is 156 Å². The number of nitrogens with one attached hydrogen (secondary N) is 1. The van der Waals surface area contributed by atoms with Crippen molar-refractivity contribution in [2.75, 3.05) is 6.54 Å². The number of hydrogen-bond acceptors (Lipinski definition) is 4. The van der Waals surface area contributed by atoms with Crippen LogP contribution in [0.15, 0.2) is 30.3 Å². The molecule has 0 radical (unpaired) electrons. The van der Waals surface area contributed by atoms with Gasteiger partial charge in [0.2, 0.25) is 5.91 Å². The summed E-state index contributed by atoms with van der Waals surface area (Å²) in [5, 5.41) is 12.9. The van der Waals surface area contributed by atoms with E-state index in [9.17, 15) is 19.4 Å². The maximum Gasteiger partial charge on any atom is 0.509 e. The Hall–Kier alpha value is -1.33. The van der Waals surface area contributed by atoms with Gasteiger partial charge in [-0.3, -0.25) is 4.79 Å². The average molecular weight is 381 g/mol. The Bertz CT molecular complexity index is 578. The summed E-state index contributed by atoms with van der Waals surface area (Å²) in [6.45, 7) is 0.0493. The maximum absolute atomic E-state index is 12.1. The molecule has 2 rings (SSSR count). The van der Waals surface area contributed by atoms with Crippen LogP contribution in [0.25, 0.3) is 0 Å². The second-order valence-electron chi connectivity index (χ2n) is 7.20. The van der Waals surface area contributed by atoms with Crippen LogP contribution >= 0.6 is 8.03 Å². The molecule has 0 aromatic heterocycles. The molecule has 1 aromatic rings. The summed E-state index contributed by atoms with van der Waals surface area (Å²) in [5.74, 6) is -0.140. The third-order valence-electron chi connectivity index (χ3n) is 5.14. The molecule has 1 aliphatic carbocycles. The van der Waals surface area contributed by atoms with Crippen LogP contribution in [0.2, 0.25) is 0 Å². The molecule has 7 heteroatoms. The summed E-state index contributed by atoms with van der Waals surface area (Å²) in [6.07, 6.45) is 5.00. The van der Waals surface area contributed by atoms with Gasteiger partial charge in [0.15, 0.2) is 5.66 Å². The highest BCUT2D eigenvalue weighted by atomic mass is 31.1. The van der Waals surface area contributed by atoms with E-state index in [4.69, 9.17) is 5.73 Å². The SMILES string of the molecule is N[C@@H](Cc1ccccc1)C(=O)NC[C@H](O)CC(C1CCCCC1)[P+](=O)O. The van der Waals surface area contributed by atoms with Crippen LogP contribution in [0.4, 0.5) is 0 Å². The van der Waals surface area contributed by atoms with Gasteiger partial charge in [-0.25, -0.2) is 0 Å². The largest absolute Gasteiger partial charge is 0.509 e. The number of nitrogens with two attached hydrogens (primary N) is 1. The molecule has 0 saturated heterocycles. The smallest absolute Gasteiger partial charge is 0.391 e. The molecule has 144 valence electrons. The molecule has 1 aromatic carbocycles. The zero-order valence-electron chi connectivity index (χ0n) is 15.1. The number of hydrogen-bond donors (Lipinski definition) is 4. The third-order valence-corrected chi connectivity index (χ3v) is 6.34. The van der Waals surface area contributed by atoms with E-state index >= 15 is 0 Å². The number of aliphatic hydroxyl groups is 1.